The predicted octanol–water partition coefficient (Wildman–Crippen LogP) is 2.52. The molecule has 3 rings (SSSR count). The van der Waals surface area contributed by atoms with E-state index in [9.17, 15) is 9.59 Å². The van der Waals surface area contributed by atoms with Crippen molar-refractivity contribution in [1.29, 1.82) is 0 Å². The summed E-state index contributed by atoms with van der Waals surface area (Å²) in [7, 11) is 0. The van der Waals surface area contributed by atoms with Gasteiger partial charge in [-0.3, -0.25) is 9.59 Å². The topological polar surface area (TPSA) is 71.1 Å². The van der Waals surface area contributed by atoms with Crippen LogP contribution in [0.5, 0.6) is 0 Å². The number of anilines is 2. The molecule has 6 heteroatoms. The third kappa shape index (κ3) is 2.42. The van der Waals surface area contributed by atoms with Crippen molar-refractivity contribution >= 4 is 34.0 Å². The van der Waals surface area contributed by atoms with Crippen molar-refractivity contribution in [3.05, 3.63) is 40.9 Å². The number of amides is 2. The summed E-state index contributed by atoms with van der Waals surface area (Å²) in [4.78, 5) is 29.2. The van der Waals surface area contributed by atoms with E-state index in [-0.39, 0.29) is 18.2 Å². The molecule has 0 radical (unpaired) electrons. The van der Waals surface area contributed by atoms with Crippen molar-refractivity contribution in [2.45, 2.75) is 19.3 Å². The largest absolute Gasteiger partial charge is 0.326 e. The minimum absolute atomic E-state index is 0.140. The van der Waals surface area contributed by atoms with Gasteiger partial charge >= 0.3 is 0 Å². The molecular formula is C14H13N3O2S. The minimum Gasteiger partial charge on any atom is -0.326 e. The summed E-state index contributed by atoms with van der Waals surface area (Å²) < 4.78 is 0. The Bertz CT molecular complexity index is 681. The molecule has 5 nitrogen and oxygen atoms in total. The second kappa shape index (κ2) is 5.05. The number of hydrogen-bond donors (Lipinski definition) is 2. The number of nitrogens with zero attached hydrogens (tertiary/aromatic N) is 1. The van der Waals surface area contributed by atoms with Crippen LogP contribution in [0.25, 0.3) is 0 Å². The smallest absolute Gasteiger partial charge is 0.234 e. The number of carbonyl (C=O) groups is 2. The van der Waals surface area contributed by atoms with Crippen molar-refractivity contribution in [3.63, 3.8) is 0 Å². The van der Waals surface area contributed by atoms with E-state index in [0.717, 1.165) is 10.4 Å². The molecule has 0 fully saturated rings. The minimum atomic E-state index is -0.468. The van der Waals surface area contributed by atoms with Gasteiger partial charge in [-0.15, -0.1) is 11.3 Å². The number of aromatic nitrogens is 1. The lowest BCUT2D eigenvalue weighted by atomic mass is 9.90. The molecule has 0 bridgehead atoms. The van der Waals surface area contributed by atoms with Crippen LogP contribution in [0.4, 0.5) is 10.8 Å². The molecule has 1 aromatic carbocycles. The van der Waals surface area contributed by atoms with Crippen LogP contribution in [0.3, 0.4) is 0 Å². The molecular weight excluding hydrogens is 274 g/mol. The van der Waals surface area contributed by atoms with Gasteiger partial charge in [0.25, 0.3) is 0 Å². The number of aryl methyl sites for hydroxylation is 1. The highest BCUT2D eigenvalue weighted by Gasteiger charge is 2.30. The van der Waals surface area contributed by atoms with Crippen molar-refractivity contribution in [1.82, 2.24) is 4.98 Å². The zero-order chi connectivity index (χ0) is 14.1. The maximum Gasteiger partial charge on any atom is 0.234 e. The maximum absolute atomic E-state index is 12.4. The second-order valence-electron chi connectivity index (χ2n) is 4.66. The maximum atomic E-state index is 12.4. The Balaban J connectivity index is 1.86. The Hall–Kier alpha value is -2.21. The average molecular weight is 287 g/mol. The first-order chi connectivity index (χ1) is 9.63. The first kappa shape index (κ1) is 12.8. The molecule has 1 aromatic heterocycles. The Kier molecular flexibility index (Phi) is 3.23. The van der Waals surface area contributed by atoms with Gasteiger partial charge in [0, 0.05) is 23.2 Å². The Morgan fingerprint density at radius 1 is 1.45 bits per heavy atom. The zero-order valence-electron chi connectivity index (χ0n) is 10.8. The van der Waals surface area contributed by atoms with Gasteiger partial charge in [-0.25, -0.2) is 4.98 Å². The van der Waals surface area contributed by atoms with Gasteiger partial charge in [-0.1, -0.05) is 18.2 Å². The van der Waals surface area contributed by atoms with Crippen LogP contribution < -0.4 is 10.6 Å². The van der Waals surface area contributed by atoms with Gasteiger partial charge in [0.2, 0.25) is 11.8 Å². The summed E-state index contributed by atoms with van der Waals surface area (Å²) in [6.45, 7) is 1.93. The van der Waals surface area contributed by atoms with E-state index in [0.29, 0.717) is 10.8 Å². The standard InChI is InChI=1S/C14H13N3O2S/c1-8-7-15-14(20-8)17-13(19)10-6-12(18)16-11-5-3-2-4-9(10)11/h2-5,7,10H,6H2,1H3,(H,16,18)(H,15,17,19). The van der Waals surface area contributed by atoms with Crippen LogP contribution in [-0.2, 0) is 9.59 Å². The summed E-state index contributed by atoms with van der Waals surface area (Å²) in [5.41, 5.74) is 1.55. The van der Waals surface area contributed by atoms with Crippen LogP contribution in [-0.4, -0.2) is 16.8 Å². The van der Waals surface area contributed by atoms with Gasteiger partial charge in [-0.05, 0) is 18.6 Å². The number of nitrogens with one attached hydrogen (secondary N) is 2. The van der Waals surface area contributed by atoms with Crippen LogP contribution in [0.1, 0.15) is 22.8 Å². The Morgan fingerprint density at radius 3 is 3.00 bits per heavy atom. The number of hydrogen-bond acceptors (Lipinski definition) is 4. The van der Waals surface area contributed by atoms with Crippen LogP contribution >= 0.6 is 11.3 Å². The molecule has 1 atom stereocenters. The molecule has 0 spiro atoms. The molecule has 0 aliphatic carbocycles. The number of fused-ring (bicyclic) bond motifs is 1. The van der Waals surface area contributed by atoms with E-state index < -0.39 is 5.92 Å². The number of rotatable bonds is 2. The van der Waals surface area contributed by atoms with Gasteiger partial charge in [-0.2, -0.15) is 0 Å². The van der Waals surface area contributed by atoms with Crippen molar-refractivity contribution in [2.75, 3.05) is 10.6 Å². The average Bonchev–Trinajstić information content (AvgIpc) is 2.83. The van der Waals surface area contributed by atoms with Crippen LogP contribution in [0.2, 0.25) is 0 Å². The monoisotopic (exact) mass is 287 g/mol. The summed E-state index contributed by atoms with van der Waals surface area (Å²) in [5.74, 6) is -0.801. The highest BCUT2D eigenvalue weighted by molar-refractivity contribution is 7.15. The third-order valence-electron chi connectivity index (χ3n) is 3.17. The number of carbonyl (C=O) groups excluding carboxylic acids is 2. The van der Waals surface area contributed by atoms with Gasteiger partial charge in [0.15, 0.2) is 5.13 Å². The molecule has 1 aliphatic heterocycles. The van der Waals surface area contributed by atoms with Gasteiger partial charge in [0.05, 0.1) is 5.92 Å². The van der Waals surface area contributed by atoms with Crippen molar-refractivity contribution in [2.24, 2.45) is 0 Å². The molecule has 0 saturated heterocycles. The van der Waals surface area contributed by atoms with Crippen molar-refractivity contribution in [3.8, 4) is 0 Å². The van der Waals surface area contributed by atoms with E-state index in [1.807, 2.05) is 25.1 Å². The lowest BCUT2D eigenvalue weighted by molar-refractivity contribution is -0.123. The lowest BCUT2D eigenvalue weighted by Gasteiger charge is -2.24. The van der Waals surface area contributed by atoms with Crippen LogP contribution in [0.15, 0.2) is 30.5 Å². The zero-order valence-corrected chi connectivity index (χ0v) is 11.7. The fourth-order valence-corrected chi connectivity index (χ4v) is 2.92. The normalized spacial score (nSPS) is 17.2. The molecule has 2 heterocycles. The van der Waals surface area contributed by atoms with E-state index in [1.54, 1.807) is 12.3 Å². The first-order valence-corrected chi connectivity index (χ1v) is 7.07. The molecule has 1 unspecified atom stereocenters. The second-order valence-corrected chi connectivity index (χ2v) is 5.89. The fourth-order valence-electron chi connectivity index (χ4n) is 2.25. The van der Waals surface area contributed by atoms with E-state index in [2.05, 4.69) is 15.6 Å². The SMILES string of the molecule is Cc1cnc(NC(=O)C2CC(=O)Nc3ccccc32)s1. The lowest BCUT2D eigenvalue weighted by Crippen LogP contribution is -2.30. The highest BCUT2D eigenvalue weighted by Crippen LogP contribution is 2.33. The van der Waals surface area contributed by atoms with E-state index in [1.165, 1.54) is 11.3 Å². The van der Waals surface area contributed by atoms with E-state index in [4.69, 9.17) is 0 Å². The molecule has 2 N–H and O–H groups in total. The molecule has 0 saturated carbocycles. The van der Waals surface area contributed by atoms with Gasteiger partial charge < -0.3 is 10.6 Å². The Labute approximate surface area is 120 Å². The van der Waals surface area contributed by atoms with Crippen LogP contribution in [0, 0.1) is 6.92 Å². The quantitative estimate of drug-likeness (QED) is 0.891. The molecule has 1 aliphatic rings. The molecule has 102 valence electrons. The number of thiazole rings is 1. The number of para-hydroxylation sites is 1. The predicted molar refractivity (Wildman–Crippen MR) is 77.9 cm³/mol. The summed E-state index contributed by atoms with van der Waals surface area (Å²) in [6, 6.07) is 7.38. The summed E-state index contributed by atoms with van der Waals surface area (Å²) in [5, 5.41) is 6.13. The fraction of sp³-hybridized carbons (Fsp3) is 0.214. The number of benzene rings is 1. The highest BCUT2D eigenvalue weighted by atomic mass is 32.1. The molecule has 2 amide bonds. The third-order valence-corrected chi connectivity index (χ3v) is 4.00. The molecule has 20 heavy (non-hydrogen) atoms. The van der Waals surface area contributed by atoms with E-state index >= 15 is 0 Å². The first-order valence-electron chi connectivity index (χ1n) is 6.25. The summed E-state index contributed by atoms with van der Waals surface area (Å²) in [6.07, 6.45) is 1.87. The Morgan fingerprint density at radius 2 is 2.25 bits per heavy atom. The summed E-state index contributed by atoms with van der Waals surface area (Å²) >= 11 is 1.42. The van der Waals surface area contributed by atoms with Gasteiger partial charge in [0.1, 0.15) is 0 Å². The van der Waals surface area contributed by atoms with Crippen molar-refractivity contribution < 1.29 is 9.59 Å². The molecule has 2 aromatic rings.